The first-order valence-electron chi connectivity index (χ1n) is 4.57. The van der Waals surface area contributed by atoms with Crippen LogP contribution in [0.5, 0.6) is 0 Å². The maximum Gasteiger partial charge on any atom is 0.116 e. The smallest absolute Gasteiger partial charge is 0.116 e. The molecule has 0 aliphatic heterocycles. The van der Waals surface area contributed by atoms with E-state index in [4.69, 9.17) is 0 Å². The highest BCUT2D eigenvalue weighted by molar-refractivity contribution is 9.11. The zero-order valence-corrected chi connectivity index (χ0v) is 12.4. The van der Waals surface area contributed by atoms with E-state index in [2.05, 4.69) is 41.8 Å². The lowest BCUT2D eigenvalue weighted by molar-refractivity contribution is 1.06. The van der Waals surface area contributed by atoms with Gasteiger partial charge in [0.1, 0.15) is 10.1 Å². The van der Waals surface area contributed by atoms with Crippen molar-refractivity contribution in [2.45, 2.75) is 17.0 Å². The average Bonchev–Trinajstić information content (AvgIpc) is 2.25. The van der Waals surface area contributed by atoms with Gasteiger partial charge in [-0.15, -0.1) is 0 Å². The summed E-state index contributed by atoms with van der Waals surface area (Å²) in [5.41, 5.74) is 1.14. The Morgan fingerprint density at radius 2 is 1.88 bits per heavy atom. The van der Waals surface area contributed by atoms with Crippen LogP contribution >= 0.6 is 43.6 Å². The fourth-order valence-corrected chi connectivity index (χ4v) is 3.06. The van der Waals surface area contributed by atoms with Crippen LogP contribution in [0.2, 0.25) is 0 Å². The molecule has 0 spiro atoms. The first-order chi connectivity index (χ1) is 7.66. The van der Waals surface area contributed by atoms with Gasteiger partial charge in [-0.2, -0.15) is 0 Å². The molecule has 0 aliphatic rings. The molecule has 16 heavy (non-hydrogen) atoms. The monoisotopic (exact) mass is 358 g/mol. The molecule has 2 aromatic heterocycles. The van der Waals surface area contributed by atoms with Crippen LogP contribution in [-0.4, -0.2) is 9.97 Å². The second kappa shape index (κ2) is 5.29. The van der Waals surface area contributed by atoms with Crippen LogP contribution in [0.25, 0.3) is 0 Å². The molecule has 2 rings (SSSR count). The molecule has 2 nitrogen and oxygen atoms in total. The summed E-state index contributed by atoms with van der Waals surface area (Å²) in [6.45, 7) is 2.02. The van der Waals surface area contributed by atoms with Crippen molar-refractivity contribution >= 4 is 43.6 Å². The lowest BCUT2D eigenvalue weighted by Gasteiger charge is -2.04. The maximum atomic E-state index is 4.37. The number of nitrogens with zero attached hydrogens (tertiary/aromatic N) is 2. The number of halogens is 2. The van der Waals surface area contributed by atoms with E-state index in [1.165, 1.54) is 11.8 Å². The van der Waals surface area contributed by atoms with Gasteiger partial charge in [0.05, 0.1) is 8.95 Å². The largest absolute Gasteiger partial charge is 0.248 e. The predicted octanol–water partition coefficient (Wildman–Crippen LogP) is 4.46. The second-order valence-corrected chi connectivity index (χ2v) is 5.88. The maximum absolute atomic E-state index is 4.37. The van der Waals surface area contributed by atoms with Gasteiger partial charge in [-0.25, -0.2) is 9.97 Å². The van der Waals surface area contributed by atoms with E-state index in [1.54, 1.807) is 6.20 Å². The van der Waals surface area contributed by atoms with E-state index in [1.807, 2.05) is 31.3 Å². The minimum Gasteiger partial charge on any atom is -0.248 e. The SMILES string of the molecule is Cc1cnc(Sc2ncccc2Br)c(Br)c1. The van der Waals surface area contributed by atoms with Crippen LogP contribution in [0.3, 0.4) is 0 Å². The number of aromatic nitrogens is 2. The first-order valence-corrected chi connectivity index (χ1v) is 6.97. The number of rotatable bonds is 2. The fourth-order valence-electron chi connectivity index (χ4n) is 1.13. The average molecular weight is 360 g/mol. The third-order valence-electron chi connectivity index (χ3n) is 1.86. The molecule has 0 amide bonds. The molecule has 0 saturated carbocycles. The van der Waals surface area contributed by atoms with E-state index in [0.717, 1.165) is 24.6 Å². The zero-order valence-electron chi connectivity index (χ0n) is 8.45. The Bertz CT molecular complexity index is 517. The van der Waals surface area contributed by atoms with Crippen molar-refractivity contribution in [1.29, 1.82) is 0 Å². The number of hydrogen-bond donors (Lipinski definition) is 0. The molecule has 2 aromatic rings. The van der Waals surface area contributed by atoms with Gasteiger partial charge in [-0.3, -0.25) is 0 Å². The van der Waals surface area contributed by atoms with Crippen LogP contribution in [0.4, 0.5) is 0 Å². The molecule has 2 heterocycles. The van der Waals surface area contributed by atoms with Crippen LogP contribution in [0, 0.1) is 6.92 Å². The number of hydrogen-bond acceptors (Lipinski definition) is 3. The molecule has 82 valence electrons. The summed E-state index contributed by atoms with van der Waals surface area (Å²) in [6.07, 6.45) is 3.62. The number of pyridine rings is 2. The molecular weight excluding hydrogens is 352 g/mol. The third-order valence-corrected chi connectivity index (χ3v) is 4.67. The van der Waals surface area contributed by atoms with E-state index >= 15 is 0 Å². The number of aryl methyl sites for hydroxylation is 1. The van der Waals surface area contributed by atoms with Gasteiger partial charge in [0, 0.05) is 12.4 Å². The van der Waals surface area contributed by atoms with Gasteiger partial charge in [0.2, 0.25) is 0 Å². The van der Waals surface area contributed by atoms with Gasteiger partial charge in [0.25, 0.3) is 0 Å². The Hall–Kier alpha value is -0.390. The second-order valence-electron chi connectivity index (χ2n) is 3.19. The van der Waals surface area contributed by atoms with E-state index in [0.29, 0.717) is 0 Å². The standard InChI is InChI=1S/C11H8Br2N2S/c1-7-5-9(13)11(15-6-7)16-10-8(12)3-2-4-14-10/h2-6H,1H3. The first kappa shape index (κ1) is 12.1. The van der Waals surface area contributed by atoms with Crippen LogP contribution in [0.15, 0.2) is 49.6 Å². The Balaban J connectivity index is 2.31. The molecule has 5 heteroatoms. The zero-order chi connectivity index (χ0) is 11.5. The lowest BCUT2D eigenvalue weighted by Crippen LogP contribution is -1.86. The van der Waals surface area contributed by atoms with Gasteiger partial charge < -0.3 is 0 Å². The quantitative estimate of drug-likeness (QED) is 0.791. The molecule has 0 atom stereocenters. The summed E-state index contributed by atoms with van der Waals surface area (Å²) in [7, 11) is 0. The van der Waals surface area contributed by atoms with E-state index < -0.39 is 0 Å². The van der Waals surface area contributed by atoms with Gasteiger partial charge >= 0.3 is 0 Å². The van der Waals surface area contributed by atoms with Gasteiger partial charge in [0.15, 0.2) is 0 Å². The van der Waals surface area contributed by atoms with Crippen molar-refractivity contribution in [2.24, 2.45) is 0 Å². The minimum absolute atomic E-state index is 0.916. The summed E-state index contributed by atoms with van der Waals surface area (Å²) in [4.78, 5) is 8.66. The molecule has 0 N–H and O–H groups in total. The molecule has 0 bridgehead atoms. The van der Waals surface area contributed by atoms with Crippen molar-refractivity contribution in [1.82, 2.24) is 9.97 Å². The van der Waals surface area contributed by atoms with Crippen LogP contribution in [0.1, 0.15) is 5.56 Å². The van der Waals surface area contributed by atoms with Crippen LogP contribution < -0.4 is 0 Å². The van der Waals surface area contributed by atoms with Crippen molar-refractivity contribution < 1.29 is 0 Å². The molecule has 0 unspecified atom stereocenters. The van der Waals surface area contributed by atoms with Gasteiger partial charge in [-0.05, 0) is 74.3 Å². The van der Waals surface area contributed by atoms with Crippen molar-refractivity contribution in [3.8, 4) is 0 Å². The highest BCUT2D eigenvalue weighted by Crippen LogP contribution is 2.34. The Labute approximate surface area is 115 Å². The van der Waals surface area contributed by atoms with Crippen molar-refractivity contribution in [2.75, 3.05) is 0 Å². The van der Waals surface area contributed by atoms with E-state index in [9.17, 15) is 0 Å². The molecule has 0 saturated heterocycles. The highest BCUT2D eigenvalue weighted by atomic mass is 79.9. The molecule has 0 fully saturated rings. The summed E-state index contributed by atoms with van der Waals surface area (Å²) >= 11 is 8.50. The predicted molar refractivity (Wildman–Crippen MR) is 72.7 cm³/mol. The van der Waals surface area contributed by atoms with Crippen molar-refractivity contribution in [3.05, 3.63) is 45.1 Å². The topological polar surface area (TPSA) is 25.8 Å². The molecule has 0 radical (unpaired) electrons. The Kier molecular flexibility index (Phi) is 4.00. The molecule has 0 aromatic carbocycles. The summed E-state index contributed by atoms with van der Waals surface area (Å²) in [5.74, 6) is 0. The normalized spacial score (nSPS) is 10.4. The fraction of sp³-hybridized carbons (Fsp3) is 0.0909. The van der Waals surface area contributed by atoms with E-state index in [-0.39, 0.29) is 0 Å². The lowest BCUT2D eigenvalue weighted by atomic mass is 10.3. The van der Waals surface area contributed by atoms with Crippen molar-refractivity contribution in [3.63, 3.8) is 0 Å². The highest BCUT2D eigenvalue weighted by Gasteiger charge is 2.07. The minimum atomic E-state index is 0.916. The molecule has 0 aliphatic carbocycles. The summed E-state index contributed by atoms with van der Waals surface area (Å²) < 4.78 is 1.98. The Morgan fingerprint density at radius 3 is 2.56 bits per heavy atom. The van der Waals surface area contributed by atoms with Crippen LogP contribution in [-0.2, 0) is 0 Å². The summed E-state index contributed by atoms with van der Waals surface area (Å²) in [5, 5.41) is 1.84. The Morgan fingerprint density at radius 1 is 1.12 bits per heavy atom. The third kappa shape index (κ3) is 2.84. The summed E-state index contributed by atoms with van der Waals surface area (Å²) in [6, 6.07) is 5.91. The van der Waals surface area contributed by atoms with Gasteiger partial charge in [-0.1, -0.05) is 0 Å². The molecular formula is C11H8Br2N2S.